The van der Waals surface area contributed by atoms with Gasteiger partial charge in [0.15, 0.2) is 0 Å². The first-order valence-electron chi connectivity index (χ1n) is 3.23. The molecule has 11 heavy (non-hydrogen) atoms. The molecule has 2 N–H and O–H groups in total. The number of nitrogens with one attached hydrogen (secondary N) is 1. The summed E-state index contributed by atoms with van der Waals surface area (Å²) in [6.07, 6.45) is 0. The minimum atomic E-state index is 0.326. The number of pyridine rings is 1. The number of hydrogen-bond acceptors (Lipinski definition) is 3. The second-order valence-electron chi connectivity index (χ2n) is 2.24. The van der Waals surface area contributed by atoms with Crippen LogP contribution in [0.4, 0.5) is 0 Å². The number of hydrogen-bond donors (Lipinski definition) is 2. The van der Waals surface area contributed by atoms with E-state index in [1.54, 1.807) is 0 Å². The summed E-state index contributed by atoms with van der Waals surface area (Å²) < 4.78 is 0. The molecule has 60 valence electrons. The van der Waals surface area contributed by atoms with Crippen molar-refractivity contribution in [2.75, 3.05) is 0 Å². The zero-order valence-corrected chi connectivity index (χ0v) is 6.89. The topological polar surface area (TPSA) is 45.1 Å². The zero-order chi connectivity index (χ0) is 8.27. The molecular weight excluding hydrogens is 164 g/mol. The van der Waals surface area contributed by atoms with E-state index in [9.17, 15) is 0 Å². The number of nitrogens with zero attached hydrogens (tertiary/aromatic N) is 1. The maximum absolute atomic E-state index is 8.38. The lowest BCUT2D eigenvalue weighted by molar-refractivity contribution is 0.161. The van der Waals surface area contributed by atoms with Gasteiger partial charge in [0.2, 0.25) is 0 Å². The monoisotopic (exact) mass is 172 g/mol. The smallest absolute Gasteiger partial charge is 0.133 e. The molecule has 0 aliphatic heterocycles. The van der Waals surface area contributed by atoms with Crippen LogP contribution < -0.4 is 5.48 Å². The fourth-order valence-corrected chi connectivity index (χ4v) is 1.03. The third-order valence-corrected chi connectivity index (χ3v) is 1.66. The van der Waals surface area contributed by atoms with Crippen LogP contribution in [0.25, 0.3) is 0 Å². The van der Waals surface area contributed by atoms with Gasteiger partial charge in [-0.1, -0.05) is 17.7 Å². The van der Waals surface area contributed by atoms with Crippen molar-refractivity contribution < 1.29 is 5.21 Å². The molecule has 3 nitrogen and oxygen atoms in total. The number of hydroxylamine groups is 1. The van der Waals surface area contributed by atoms with Crippen molar-refractivity contribution in [2.24, 2.45) is 0 Å². The maximum atomic E-state index is 8.38. The molecular formula is C7H9ClN2O. The van der Waals surface area contributed by atoms with Gasteiger partial charge in [-0.15, -0.1) is 0 Å². The molecule has 1 heterocycles. The Bertz CT molecular complexity index is 252. The second-order valence-corrected chi connectivity index (χ2v) is 2.60. The summed E-state index contributed by atoms with van der Waals surface area (Å²) in [6.45, 7) is 2.19. The van der Waals surface area contributed by atoms with Gasteiger partial charge in [-0.25, -0.2) is 10.5 Å². The van der Waals surface area contributed by atoms with Gasteiger partial charge in [0, 0.05) is 17.8 Å². The highest BCUT2D eigenvalue weighted by Gasteiger charge is 1.99. The van der Waals surface area contributed by atoms with E-state index in [2.05, 4.69) is 4.98 Å². The van der Waals surface area contributed by atoms with Gasteiger partial charge in [0.25, 0.3) is 0 Å². The van der Waals surface area contributed by atoms with Crippen LogP contribution in [0.5, 0.6) is 0 Å². The van der Waals surface area contributed by atoms with E-state index in [0.29, 0.717) is 11.7 Å². The summed E-state index contributed by atoms with van der Waals surface area (Å²) in [5, 5.41) is 8.81. The SMILES string of the molecule is Cc1ccc(CNO)c(Cl)n1. The lowest BCUT2D eigenvalue weighted by Crippen LogP contribution is -2.07. The molecule has 0 bridgehead atoms. The number of aryl methyl sites for hydroxylation is 1. The van der Waals surface area contributed by atoms with Gasteiger partial charge < -0.3 is 5.21 Å². The number of aromatic nitrogens is 1. The summed E-state index contributed by atoms with van der Waals surface area (Å²) in [6, 6.07) is 3.67. The average Bonchev–Trinajstić information content (AvgIpc) is 1.95. The van der Waals surface area contributed by atoms with Crippen molar-refractivity contribution in [1.29, 1.82) is 0 Å². The average molecular weight is 173 g/mol. The lowest BCUT2D eigenvalue weighted by atomic mass is 10.2. The Morgan fingerprint density at radius 3 is 2.91 bits per heavy atom. The van der Waals surface area contributed by atoms with Crippen LogP contribution in [0.2, 0.25) is 5.15 Å². The molecule has 0 fully saturated rings. The molecule has 0 unspecified atom stereocenters. The van der Waals surface area contributed by atoms with Crippen molar-refractivity contribution in [3.8, 4) is 0 Å². The second kappa shape index (κ2) is 3.67. The standard InChI is InChI=1S/C7H9ClN2O/c1-5-2-3-6(4-9-11)7(8)10-5/h2-3,9,11H,4H2,1H3. The molecule has 0 aromatic carbocycles. The van der Waals surface area contributed by atoms with Gasteiger partial charge in [0.05, 0.1) is 0 Å². The maximum Gasteiger partial charge on any atom is 0.133 e. The molecule has 0 aliphatic rings. The third-order valence-electron chi connectivity index (χ3n) is 1.33. The van der Waals surface area contributed by atoms with Crippen molar-refractivity contribution >= 4 is 11.6 Å². The minimum Gasteiger partial charge on any atom is -0.316 e. The van der Waals surface area contributed by atoms with E-state index in [1.807, 2.05) is 24.5 Å². The minimum absolute atomic E-state index is 0.326. The Kier molecular flexibility index (Phi) is 2.82. The molecule has 0 aliphatic carbocycles. The molecule has 0 atom stereocenters. The van der Waals surface area contributed by atoms with E-state index in [4.69, 9.17) is 16.8 Å². The normalized spacial score (nSPS) is 10.1. The fourth-order valence-electron chi connectivity index (χ4n) is 0.771. The Hall–Kier alpha value is -0.640. The molecule has 0 saturated carbocycles. The quantitative estimate of drug-likeness (QED) is 0.525. The van der Waals surface area contributed by atoms with E-state index in [0.717, 1.165) is 11.3 Å². The molecule has 4 heteroatoms. The van der Waals surface area contributed by atoms with Gasteiger partial charge >= 0.3 is 0 Å². The van der Waals surface area contributed by atoms with Gasteiger partial charge in [-0.3, -0.25) is 0 Å². The van der Waals surface area contributed by atoms with E-state index in [-0.39, 0.29) is 0 Å². The highest BCUT2D eigenvalue weighted by Crippen LogP contribution is 2.12. The Morgan fingerprint density at radius 2 is 2.36 bits per heavy atom. The van der Waals surface area contributed by atoms with Crippen LogP contribution in [0.1, 0.15) is 11.3 Å². The van der Waals surface area contributed by atoms with Crippen molar-refractivity contribution in [2.45, 2.75) is 13.5 Å². The predicted octanol–water partition coefficient (Wildman–Crippen LogP) is 1.52. The highest BCUT2D eigenvalue weighted by molar-refractivity contribution is 6.30. The van der Waals surface area contributed by atoms with Crippen LogP contribution in [-0.2, 0) is 6.54 Å². The first kappa shape index (κ1) is 8.46. The van der Waals surface area contributed by atoms with Crippen molar-refractivity contribution in [3.63, 3.8) is 0 Å². The Morgan fingerprint density at radius 1 is 1.64 bits per heavy atom. The Labute approximate surface area is 70.0 Å². The van der Waals surface area contributed by atoms with Crippen LogP contribution in [0.3, 0.4) is 0 Å². The molecule has 1 aromatic rings. The molecule has 1 aromatic heterocycles. The van der Waals surface area contributed by atoms with Gasteiger partial charge in [-0.2, -0.15) is 0 Å². The highest BCUT2D eigenvalue weighted by atomic mass is 35.5. The predicted molar refractivity (Wildman–Crippen MR) is 42.6 cm³/mol. The van der Waals surface area contributed by atoms with Crippen LogP contribution in [0.15, 0.2) is 12.1 Å². The largest absolute Gasteiger partial charge is 0.316 e. The van der Waals surface area contributed by atoms with E-state index in [1.165, 1.54) is 0 Å². The summed E-state index contributed by atoms with van der Waals surface area (Å²) >= 11 is 5.75. The number of rotatable bonds is 2. The summed E-state index contributed by atoms with van der Waals surface area (Å²) in [4.78, 5) is 4.01. The molecule has 0 saturated heterocycles. The fraction of sp³-hybridized carbons (Fsp3) is 0.286. The van der Waals surface area contributed by atoms with Crippen molar-refractivity contribution in [3.05, 3.63) is 28.5 Å². The van der Waals surface area contributed by atoms with Gasteiger partial charge in [0.1, 0.15) is 5.15 Å². The molecule has 1 rings (SSSR count). The first-order valence-corrected chi connectivity index (χ1v) is 3.61. The summed E-state index contributed by atoms with van der Waals surface area (Å²) in [5.41, 5.74) is 3.68. The van der Waals surface area contributed by atoms with E-state index >= 15 is 0 Å². The number of halogens is 1. The molecule has 0 amide bonds. The lowest BCUT2D eigenvalue weighted by Gasteiger charge is -2.01. The zero-order valence-electron chi connectivity index (χ0n) is 6.13. The summed E-state index contributed by atoms with van der Waals surface area (Å²) in [5.74, 6) is 0. The first-order chi connectivity index (χ1) is 5.24. The third kappa shape index (κ3) is 2.15. The van der Waals surface area contributed by atoms with Crippen molar-refractivity contribution in [1.82, 2.24) is 10.5 Å². The van der Waals surface area contributed by atoms with Crippen LogP contribution in [0, 0.1) is 6.92 Å². The Balaban J connectivity index is 2.90. The van der Waals surface area contributed by atoms with Crippen LogP contribution >= 0.6 is 11.6 Å². The molecule has 0 radical (unpaired) electrons. The van der Waals surface area contributed by atoms with Gasteiger partial charge in [-0.05, 0) is 13.0 Å². The molecule has 0 spiro atoms. The van der Waals surface area contributed by atoms with E-state index < -0.39 is 0 Å². The summed E-state index contributed by atoms with van der Waals surface area (Å²) in [7, 11) is 0. The van der Waals surface area contributed by atoms with Crippen LogP contribution in [-0.4, -0.2) is 10.2 Å².